The molecule has 0 bridgehead atoms. The normalized spacial score (nSPS) is 11.8. The molecule has 0 amide bonds. The van der Waals surface area contributed by atoms with Crippen molar-refractivity contribution in [3.63, 3.8) is 0 Å². The van der Waals surface area contributed by atoms with Crippen LogP contribution in [0.25, 0.3) is 10.9 Å². The molecule has 3 aromatic heterocycles. The van der Waals surface area contributed by atoms with E-state index in [9.17, 15) is 9.65 Å². The molecule has 0 aliphatic carbocycles. The topological polar surface area (TPSA) is 102 Å². The van der Waals surface area contributed by atoms with Crippen LogP contribution in [-0.4, -0.2) is 20.4 Å². The first-order valence-electron chi connectivity index (χ1n) is 10.3. The number of nitriles is 1. The number of fused-ring (bicyclic) bond motifs is 1. The molecule has 0 unspecified atom stereocenters. The third-order valence-electron chi connectivity index (χ3n) is 5.31. The zero-order valence-electron chi connectivity index (χ0n) is 17.6. The number of thiophene rings is 1. The third kappa shape index (κ3) is 4.41. The smallest absolute Gasteiger partial charge is 0.123 e. The largest absolute Gasteiger partial charge is 0.378 e. The van der Waals surface area contributed by atoms with E-state index in [1.54, 1.807) is 48.0 Å². The van der Waals surface area contributed by atoms with Crippen molar-refractivity contribution in [1.82, 2.24) is 20.4 Å². The Morgan fingerprint density at radius 1 is 1.18 bits per heavy atom. The number of anilines is 2. The molecule has 34 heavy (non-hydrogen) atoms. The Bertz CT molecular complexity index is 1460. The molecule has 0 fully saturated rings. The van der Waals surface area contributed by atoms with Gasteiger partial charge >= 0.3 is 0 Å². The average Bonchev–Trinajstić information content (AvgIpc) is 3.56. The molecule has 1 atom stereocenters. The average molecular weight is 490 g/mol. The minimum atomic E-state index is -0.444. The fourth-order valence-electron chi connectivity index (χ4n) is 3.73. The Morgan fingerprint density at radius 2 is 2.03 bits per heavy atom. The Labute approximate surface area is 203 Å². The molecule has 10 heteroatoms. The Kier molecular flexibility index (Phi) is 6.08. The summed E-state index contributed by atoms with van der Waals surface area (Å²) in [5.41, 5.74) is 3.75. The van der Waals surface area contributed by atoms with Gasteiger partial charge in [-0.25, -0.2) is 4.39 Å². The Balaban J connectivity index is 1.59. The van der Waals surface area contributed by atoms with Gasteiger partial charge in [-0.15, -0.1) is 11.3 Å². The lowest BCUT2D eigenvalue weighted by Crippen LogP contribution is -2.14. The van der Waals surface area contributed by atoms with Crippen LogP contribution < -0.4 is 10.6 Å². The van der Waals surface area contributed by atoms with E-state index in [2.05, 4.69) is 37.1 Å². The molecule has 0 saturated heterocycles. The summed E-state index contributed by atoms with van der Waals surface area (Å²) < 4.78 is 13.6. The predicted molar refractivity (Wildman–Crippen MR) is 131 cm³/mol. The molecule has 0 aliphatic rings. The lowest BCUT2D eigenvalue weighted by molar-refractivity contribution is 0.626. The molecule has 168 valence electrons. The van der Waals surface area contributed by atoms with Gasteiger partial charge in [0.15, 0.2) is 0 Å². The number of H-pyrrole nitrogens is 1. The van der Waals surface area contributed by atoms with E-state index in [0.717, 1.165) is 10.4 Å². The van der Waals surface area contributed by atoms with Crippen molar-refractivity contribution in [3.8, 4) is 6.07 Å². The summed E-state index contributed by atoms with van der Waals surface area (Å²) in [6.45, 7) is 0.567. The molecule has 0 radical (unpaired) electrons. The maximum absolute atomic E-state index is 13.6. The standard InChI is InChI=1S/C24H17ClFN7S/c25-16-8-19-22(29-12-18-2-1-7-34-18)15(10-27)11-28-24(19)20(9-16)31-23(21-13-30-33-32-21)14-3-5-17(26)6-4-14/h1-9,11,13,23,31H,12H2,(H,28,29)(H,30,32,33)/t23-/m0/s1. The van der Waals surface area contributed by atoms with Gasteiger partial charge in [0.25, 0.3) is 0 Å². The number of hydrogen-bond acceptors (Lipinski definition) is 7. The molecule has 0 aliphatic heterocycles. The van der Waals surface area contributed by atoms with Gasteiger partial charge in [0.2, 0.25) is 0 Å². The first-order chi connectivity index (χ1) is 16.6. The van der Waals surface area contributed by atoms with Gasteiger partial charge in [0, 0.05) is 28.0 Å². The van der Waals surface area contributed by atoms with Crippen molar-refractivity contribution < 1.29 is 4.39 Å². The quantitative estimate of drug-likeness (QED) is 0.263. The highest BCUT2D eigenvalue weighted by Crippen LogP contribution is 2.36. The zero-order chi connectivity index (χ0) is 23.5. The predicted octanol–water partition coefficient (Wildman–Crippen LogP) is 5.89. The summed E-state index contributed by atoms with van der Waals surface area (Å²) in [6.07, 6.45) is 3.14. The fraction of sp³-hybridized carbons (Fsp3) is 0.0833. The Morgan fingerprint density at radius 3 is 2.74 bits per heavy atom. The first kappa shape index (κ1) is 21.8. The monoisotopic (exact) mass is 489 g/mol. The van der Waals surface area contributed by atoms with E-state index in [1.165, 1.54) is 12.1 Å². The minimum Gasteiger partial charge on any atom is -0.378 e. The Hall–Kier alpha value is -4.00. The van der Waals surface area contributed by atoms with Crippen molar-refractivity contribution in [2.24, 2.45) is 0 Å². The van der Waals surface area contributed by atoms with Crippen molar-refractivity contribution in [3.05, 3.63) is 98.8 Å². The second-order valence-corrected chi connectivity index (χ2v) is 8.93. The van der Waals surface area contributed by atoms with Gasteiger partial charge in [0.1, 0.15) is 17.6 Å². The van der Waals surface area contributed by atoms with E-state index in [1.807, 2.05) is 17.5 Å². The van der Waals surface area contributed by atoms with Crippen molar-refractivity contribution >= 4 is 45.2 Å². The summed E-state index contributed by atoms with van der Waals surface area (Å²) in [7, 11) is 0. The number of nitrogens with zero attached hydrogens (tertiary/aromatic N) is 4. The number of nitrogens with one attached hydrogen (secondary N) is 3. The van der Waals surface area contributed by atoms with Crippen LogP contribution >= 0.6 is 22.9 Å². The molecule has 0 saturated carbocycles. The van der Waals surface area contributed by atoms with Crippen molar-refractivity contribution in [2.45, 2.75) is 12.6 Å². The van der Waals surface area contributed by atoms with Crippen LogP contribution in [0, 0.1) is 17.1 Å². The number of rotatable bonds is 7. The molecule has 0 spiro atoms. The molecule has 7 nitrogen and oxygen atoms in total. The van der Waals surface area contributed by atoms with Crippen LogP contribution in [0.15, 0.2) is 66.3 Å². The maximum Gasteiger partial charge on any atom is 0.123 e. The molecule has 3 N–H and O–H groups in total. The number of benzene rings is 2. The van der Waals surface area contributed by atoms with E-state index < -0.39 is 6.04 Å². The summed E-state index contributed by atoms with van der Waals surface area (Å²) in [5, 5.41) is 30.4. The van der Waals surface area contributed by atoms with Gasteiger partial charge in [-0.05, 0) is 41.3 Å². The number of aromatic nitrogens is 4. The SMILES string of the molecule is N#Cc1cnc2c(N[C@@H](c3ccc(F)cc3)c3cn[nH]n3)cc(Cl)cc2c1NCc1cccs1. The molecular weight excluding hydrogens is 473 g/mol. The van der Waals surface area contributed by atoms with Gasteiger partial charge in [-0.1, -0.05) is 29.8 Å². The number of halogens is 2. The molecule has 2 aromatic carbocycles. The van der Waals surface area contributed by atoms with E-state index in [-0.39, 0.29) is 5.82 Å². The second kappa shape index (κ2) is 9.47. The highest BCUT2D eigenvalue weighted by atomic mass is 35.5. The summed E-state index contributed by atoms with van der Waals surface area (Å²) in [4.78, 5) is 5.69. The highest BCUT2D eigenvalue weighted by Gasteiger charge is 2.20. The molecule has 3 heterocycles. The molecular formula is C24H17ClFN7S. The minimum absolute atomic E-state index is 0.331. The first-order valence-corrected chi connectivity index (χ1v) is 11.5. The highest BCUT2D eigenvalue weighted by molar-refractivity contribution is 7.09. The van der Waals surface area contributed by atoms with Crippen molar-refractivity contribution in [2.75, 3.05) is 10.6 Å². The van der Waals surface area contributed by atoms with Crippen LogP contribution in [0.5, 0.6) is 0 Å². The van der Waals surface area contributed by atoms with Crippen LogP contribution in [-0.2, 0) is 6.54 Å². The fourth-order valence-corrected chi connectivity index (χ4v) is 4.59. The van der Waals surface area contributed by atoms with E-state index in [0.29, 0.717) is 45.1 Å². The number of aromatic amines is 1. The van der Waals surface area contributed by atoms with Gasteiger partial charge in [-0.3, -0.25) is 4.98 Å². The summed E-state index contributed by atoms with van der Waals surface area (Å²) in [6, 6.07) is 15.5. The second-order valence-electron chi connectivity index (χ2n) is 7.46. The van der Waals surface area contributed by atoms with Gasteiger partial charge in [0.05, 0.1) is 34.7 Å². The van der Waals surface area contributed by atoms with Crippen LogP contribution in [0.2, 0.25) is 5.02 Å². The lowest BCUT2D eigenvalue weighted by atomic mass is 10.0. The van der Waals surface area contributed by atoms with Crippen molar-refractivity contribution in [1.29, 1.82) is 5.26 Å². The zero-order valence-corrected chi connectivity index (χ0v) is 19.2. The van der Waals surface area contributed by atoms with Crippen LogP contribution in [0.4, 0.5) is 15.8 Å². The van der Waals surface area contributed by atoms with Gasteiger partial charge < -0.3 is 10.6 Å². The number of hydrogen-bond donors (Lipinski definition) is 3. The summed E-state index contributed by atoms with van der Waals surface area (Å²) in [5.74, 6) is -0.331. The molecule has 5 aromatic rings. The van der Waals surface area contributed by atoms with Gasteiger partial charge in [-0.2, -0.15) is 20.7 Å². The van der Waals surface area contributed by atoms with E-state index >= 15 is 0 Å². The third-order valence-corrected chi connectivity index (χ3v) is 6.40. The van der Waals surface area contributed by atoms with Crippen LogP contribution in [0.1, 0.15) is 27.7 Å². The molecule has 5 rings (SSSR count). The lowest BCUT2D eigenvalue weighted by Gasteiger charge is -2.20. The van der Waals surface area contributed by atoms with E-state index in [4.69, 9.17) is 11.6 Å². The van der Waals surface area contributed by atoms with Crippen LogP contribution in [0.3, 0.4) is 0 Å². The summed E-state index contributed by atoms with van der Waals surface area (Å²) >= 11 is 8.14. The number of pyridine rings is 1. The maximum atomic E-state index is 13.6.